The molecule has 0 atom stereocenters. The van der Waals surface area contributed by atoms with E-state index in [0.29, 0.717) is 138 Å². The van der Waals surface area contributed by atoms with Crippen molar-refractivity contribution in [3.05, 3.63) is 159 Å². The number of nitrogens with zero attached hydrogens (tertiary/aromatic N) is 9. The Kier molecular flexibility index (Phi) is 23.1. The molecular formula is C74H85F14N9O9. The number of hydrogen-bond acceptors (Lipinski definition) is 12. The number of halogens is 14. The largest absolute Gasteiger partial charge is 0.496 e. The minimum atomic E-state index is -4.97. The molecular weight excluding hydrogens is 1420 g/mol. The number of rotatable bonds is 14. The Morgan fingerprint density at radius 2 is 1.00 bits per heavy atom. The highest BCUT2D eigenvalue weighted by atomic mass is 19.4. The second-order valence-corrected chi connectivity index (χ2v) is 28.5. The van der Waals surface area contributed by atoms with Crippen LogP contribution in [0.15, 0.2) is 91.0 Å². The van der Waals surface area contributed by atoms with Crippen LogP contribution in [0.2, 0.25) is 0 Å². The number of hydrogen-bond donors (Lipinski definition) is 0. The molecule has 106 heavy (non-hydrogen) atoms. The van der Waals surface area contributed by atoms with E-state index in [2.05, 4.69) is 9.80 Å². The first kappa shape index (κ1) is 80.1. The van der Waals surface area contributed by atoms with Crippen molar-refractivity contribution in [2.75, 3.05) is 100 Å². The van der Waals surface area contributed by atoms with E-state index in [0.717, 1.165) is 11.0 Å². The normalized spacial score (nSPS) is 18.7. The standard InChI is InChI=1S/C26H31F4N3O3.C25H27F6N3O4.C23H27F4N3O2/c1-16(2)36-20-8-6-17(14-18(20)27)23(35)32-12-10-25(11-13-32)21-9-7-19(22(34)26(28,29)30)33(21)24(3,4)15-31(25)5;1-32-11-12-34-18(21(35)25(29,30)31)5-6-20(34)23(32)7-9-33(10-8-23)22(36)16-3-4-17(19(13-16)37-2)14-38-15-24(26,27)28;1-3-14-32-17-6-4-16(5-7-17)21(31)29-10-8-22(9-11-29)20-18(24)15-19(23(25,26)27)30(20)13-12-28(22)2/h6-9,14,16H,10-13,15H2,1-5H3;3-6,13H,7-12,14-15H2,1-2H3;4-7,15H,3,8-14H2,1-2H3. The van der Waals surface area contributed by atoms with E-state index in [9.17, 15) is 85.4 Å². The number of carbonyl (C=O) groups is 5. The summed E-state index contributed by atoms with van der Waals surface area (Å²) in [4.78, 5) is 74.5. The van der Waals surface area contributed by atoms with Crippen LogP contribution in [-0.4, -0.2) is 197 Å². The quantitative estimate of drug-likeness (QED) is 0.0752. The smallest absolute Gasteiger partial charge is 0.456 e. The Morgan fingerprint density at radius 1 is 0.519 bits per heavy atom. The molecule has 6 aliphatic heterocycles. The number of carbonyl (C=O) groups excluding carboxylic acids is 5. The maximum absolute atomic E-state index is 14.8. The second kappa shape index (κ2) is 30.6. The van der Waals surface area contributed by atoms with Crippen molar-refractivity contribution in [1.29, 1.82) is 0 Å². The molecule has 9 heterocycles. The molecule has 3 spiro atoms. The van der Waals surface area contributed by atoms with Crippen molar-refractivity contribution in [2.24, 2.45) is 0 Å². The summed E-state index contributed by atoms with van der Waals surface area (Å²) in [5.74, 6) is -4.95. The third-order valence-corrected chi connectivity index (χ3v) is 21.1. The third-order valence-electron chi connectivity index (χ3n) is 21.1. The summed E-state index contributed by atoms with van der Waals surface area (Å²) in [6, 6.07) is 21.8. The highest BCUT2D eigenvalue weighted by Gasteiger charge is 2.54. The van der Waals surface area contributed by atoms with Gasteiger partial charge in [-0.15, -0.1) is 0 Å². The van der Waals surface area contributed by atoms with Crippen LogP contribution in [0.25, 0.3) is 0 Å². The van der Waals surface area contributed by atoms with E-state index in [-0.39, 0.29) is 83.2 Å². The van der Waals surface area contributed by atoms with Crippen LogP contribution in [0.4, 0.5) is 61.5 Å². The van der Waals surface area contributed by atoms with Crippen LogP contribution in [0, 0.1) is 11.6 Å². The van der Waals surface area contributed by atoms with Gasteiger partial charge in [-0.25, -0.2) is 8.78 Å². The van der Waals surface area contributed by atoms with Crippen molar-refractivity contribution in [3.63, 3.8) is 0 Å². The average molecular weight is 1510 g/mol. The number of amides is 3. The summed E-state index contributed by atoms with van der Waals surface area (Å²) in [6.07, 6.45) is -15.8. The molecule has 32 heteroatoms. The Hall–Kier alpha value is -8.49. The molecule has 0 N–H and O–H groups in total. The van der Waals surface area contributed by atoms with Gasteiger partial charge in [-0.3, -0.25) is 38.7 Å². The van der Waals surface area contributed by atoms with Gasteiger partial charge in [0.25, 0.3) is 29.3 Å². The van der Waals surface area contributed by atoms with E-state index >= 15 is 0 Å². The number of likely N-dealkylation sites (tertiary alicyclic amines) is 3. The van der Waals surface area contributed by atoms with Crippen molar-refractivity contribution in [2.45, 2.75) is 152 Å². The van der Waals surface area contributed by atoms with Gasteiger partial charge in [0, 0.05) is 112 Å². The highest BCUT2D eigenvalue weighted by molar-refractivity contribution is 6.00. The van der Waals surface area contributed by atoms with Crippen molar-refractivity contribution in [3.8, 4) is 17.2 Å². The van der Waals surface area contributed by atoms with Crippen LogP contribution in [0.3, 0.4) is 0 Å². The van der Waals surface area contributed by atoms with Gasteiger partial charge in [0.2, 0.25) is 0 Å². The number of aromatic nitrogens is 3. The first-order valence-corrected chi connectivity index (χ1v) is 34.8. The lowest BCUT2D eigenvalue weighted by Crippen LogP contribution is -2.61. The SMILES string of the molecule is CC(C)Oc1ccc(C(=O)N2CCC3(CC2)c2ccc(C(=O)C(F)(F)F)n2C(C)(C)CN3C)cc1F.CCCOc1ccc(C(=O)N2CCC3(CC2)c2c(F)cc(C(F)(F)F)n2CCN3C)cc1.COc1cc(C(=O)N2CCC3(CC2)c2ccc(C(=O)C(F)(F)F)n2CCN3C)ccc1COCC(F)(F)F. The third kappa shape index (κ3) is 16.2. The van der Waals surface area contributed by atoms with E-state index < -0.39 is 82.4 Å². The van der Waals surface area contributed by atoms with Crippen LogP contribution in [0.5, 0.6) is 17.2 Å². The summed E-state index contributed by atoms with van der Waals surface area (Å²) in [5.41, 5.74) is -1.82. The van der Waals surface area contributed by atoms with Crippen molar-refractivity contribution in [1.82, 2.24) is 43.1 Å². The number of ketones is 2. The molecule has 6 aliphatic rings. The van der Waals surface area contributed by atoms with Crippen LogP contribution in [0.1, 0.15) is 160 Å². The van der Waals surface area contributed by atoms with E-state index in [1.165, 1.54) is 64.8 Å². The number of fused-ring (bicyclic) bond motifs is 6. The van der Waals surface area contributed by atoms with Gasteiger partial charge in [0.05, 0.1) is 65.7 Å². The highest BCUT2D eigenvalue weighted by Crippen LogP contribution is 2.49. The maximum atomic E-state index is 14.8. The molecule has 18 nitrogen and oxygen atoms in total. The van der Waals surface area contributed by atoms with Gasteiger partial charge >= 0.3 is 24.7 Å². The molecule has 578 valence electrons. The number of Topliss-reactive ketones (excluding diaryl/α,β-unsaturated/α-hetero) is 2. The number of alkyl halides is 12. The molecule has 0 unspecified atom stereocenters. The molecule has 0 saturated carbocycles. The lowest BCUT2D eigenvalue weighted by molar-refractivity contribution is -0.176. The van der Waals surface area contributed by atoms with Gasteiger partial charge in [-0.05, 0) is 173 Å². The summed E-state index contributed by atoms with van der Waals surface area (Å²) in [7, 11) is 6.95. The molecule has 3 fully saturated rings. The van der Waals surface area contributed by atoms with E-state index in [1.807, 2.05) is 46.8 Å². The van der Waals surface area contributed by atoms with Gasteiger partial charge in [-0.2, -0.15) is 52.7 Å². The second-order valence-electron chi connectivity index (χ2n) is 28.5. The van der Waals surface area contributed by atoms with Crippen LogP contribution in [-0.2, 0) is 52.8 Å². The number of benzene rings is 3. The summed E-state index contributed by atoms with van der Waals surface area (Å²) < 4.78 is 211. The Labute approximate surface area is 603 Å². The number of likely N-dealkylation sites (N-methyl/N-ethyl adjacent to an activating group) is 3. The molecule has 3 aromatic carbocycles. The molecule has 3 saturated heterocycles. The predicted octanol–water partition coefficient (Wildman–Crippen LogP) is 13.9. The topological polar surface area (TPSA) is 156 Å². The predicted molar refractivity (Wildman–Crippen MR) is 360 cm³/mol. The number of piperidine rings is 3. The van der Waals surface area contributed by atoms with E-state index in [1.54, 1.807) is 64.9 Å². The van der Waals surface area contributed by atoms with Crippen molar-refractivity contribution < 1.29 is 104 Å². The van der Waals surface area contributed by atoms with Gasteiger partial charge in [0.1, 0.15) is 29.6 Å². The Morgan fingerprint density at radius 3 is 1.52 bits per heavy atom. The summed E-state index contributed by atoms with van der Waals surface area (Å²) >= 11 is 0. The fourth-order valence-corrected chi connectivity index (χ4v) is 15.8. The minimum absolute atomic E-state index is 0.0792. The molecule has 0 aliphatic carbocycles. The van der Waals surface area contributed by atoms with Gasteiger partial charge in [-0.1, -0.05) is 13.0 Å². The maximum Gasteiger partial charge on any atom is 0.456 e. The van der Waals surface area contributed by atoms with Gasteiger partial charge in [0.15, 0.2) is 11.6 Å². The zero-order chi connectivity index (χ0) is 77.6. The summed E-state index contributed by atoms with van der Waals surface area (Å²) in [6.45, 7) is 11.6. The monoisotopic (exact) mass is 1510 g/mol. The first-order valence-electron chi connectivity index (χ1n) is 34.8. The van der Waals surface area contributed by atoms with Crippen molar-refractivity contribution >= 4 is 29.3 Å². The minimum Gasteiger partial charge on any atom is -0.496 e. The fourth-order valence-electron chi connectivity index (χ4n) is 15.8. The van der Waals surface area contributed by atoms with Crippen LogP contribution >= 0.6 is 0 Å². The number of methoxy groups -OCH3 is 1. The lowest BCUT2D eigenvalue weighted by atomic mass is 9.78. The van der Waals surface area contributed by atoms with E-state index in [4.69, 9.17) is 18.9 Å². The molecule has 3 aromatic heterocycles. The Balaban J connectivity index is 0.000000171. The molecule has 12 rings (SSSR count). The first-order chi connectivity index (χ1) is 49.6. The fraction of sp³-hybridized carbons (Fsp3) is 0.527. The molecule has 0 bridgehead atoms. The lowest BCUT2D eigenvalue weighted by Gasteiger charge is -2.55. The number of ether oxygens (including phenoxy) is 4. The summed E-state index contributed by atoms with van der Waals surface area (Å²) in [5, 5.41) is 0. The molecule has 6 aromatic rings. The zero-order valence-electron chi connectivity index (χ0n) is 60.1. The molecule has 0 radical (unpaired) electrons. The zero-order valence-corrected chi connectivity index (χ0v) is 60.1. The van der Waals surface area contributed by atoms with Gasteiger partial charge < -0.3 is 47.3 Å². The Bertz CT molecular complexity index is 4190. The average Bonchev–Trinajstić information content (AvgIpc) is 1.48. The van der Waals surface area contributed by atoms with Crippen LogP contribution < -0.4 is 14.2 Å². The molecule has 3 amide bonds.